The van der Waals surface area contributed by atoms with Crippen molar-refractivity contribution in [2.24, 2.45) is 0 Å². The molecule has 88 valence electrons. The van der Waals surface area contributed by atoms with E-state index < -0.39 is 5.97 Å². The molecule has 0 unspecified atom stereocenters. The van der Waals surface area contributed by atoms with Gasteiger partial charge in [-0.3, -0.25) is 0 Å². The molecule has 0 radical (unpaired) electrons. The number of ether oxygens (including phenoxy) is 2. The minimum atomic E-state index is -1.13. The molecule has 0 heterocycles. The summed E-state index contributed by atoms with van der Waals surface area (Å²) < 4.78 is 10.2. The standard InChI is InChI=1S/C11H15NO4.Na/c1-15-9-4-3-8(10(5-9)16-2)6-12-7-11(13)14;/h3-5,12H,6-7H2,1-2H3,(H,13,14);/q;+1/p-1. The van der Waals surface area contributed by atoms with Gasteiger partial charge in [0.05, 0.1) is 20.2 Å². The van der Waals surface area contributed by atoms with E-state index in [0.717, 1.165) is 5.56 Å². The van der Waals surface area contributed by atoms with Crippen molar-refractivity contribution in [2.45, 2.75) is 6.54 Å². The van der Waals surface area contributed by atoms with Crippen LogP contribution in [0.1, 0.15) is 5.56 Å². The zero-order valence-electron chi connectivity index (χ0n) is 10.3. The van der Waals surface area contributed by atoms with E-state index in [4.69, 9.17) is 9.47 Å². The maximum Gasteiger partial charge on any atom is 1.00 e. The number of rotatable bonds is 6. The van der Waals surface area contributed by atoms with Crippen LogP contribution in [0.2, 0.25) is 0 Å². The molecular weight excluding hydrogens is 233 g/mol. The number of carbonyl (C=O) groups excluding carboxylic acids is 1. The zero-order chi connectivity index (χ0) is 12.0. The number of methoxy groups -OCH3 is 2. The molecular formula is C11H14NNaO4. The fourth-order valence-corrected chi connectivity index (χ4v) is 1.30. The fraction of sp³-hybridized carbons (Fsp3) is 0.364. The summed E-state index contributed by atoms with van der Waals surface area (Å²) >= 11 is 0. The smallest absolute Gasteiger partial charge is 0.549 e. The average Bonchev–Trinajstić information content (AvgIpc) is 2.29. The molecule has 0 bridgehead atoms. The van der Waals surface area contributed by atoms with Gasteiger partial charge in [0.1, 0.15) is 11.5 Å². The van der Waals surface area contributed by atoms with Crippen molar-refractivity contribution in [2.75, 3.05) is 20.8 Å². The van der Waals surface area contributed by atoms with Crippen molar-refractivity contribution in [3.8, 4) is 11.5 Å². The first-order valence-electron chi connectivity index (χ1n) is 4.79. The van der Waals surface area contributed by atoms with Crippen molar-refractivity contribution < 1.29 is 48.9 Å². The van der Waals surface area contributed by atoms with Crippen LogP contribution < -0.4 is 49.5 Å². The Balaban J connectivity index is 0.00000256. The minimum Gasteiger partial charge on any atom is -0.549 e. The van der Waals surface area contributed by atoms with Gasteiger partial charge >= 0.3 is 29.6 Å². The molecule has 5 nitrogen and oxygen atoms in total. The van der Waals surface area contributed by atoms with Gasteiger partial charge in [0, 0.05) is 24.7 Å². The third-order valence-electron chi connectivity index (χ3n) is 2.08. The summed E-state index contributed by atoms with van der Waals surface area (Å²) in [6, 6.07) is 5.36. The summed E-state index contributed by atoms with van der Waals surface area (Å²) in [4.78, 5) is 10.2. The number of carboxylic acid groups (broad SMARTS) is 1. The number of benzene rings is 1. The van der Waals surface area contributed by atoms with E-state index in [9.17, 15) is 9.90 Å². The van der Waals surface area contributed by atoms with Gasteiger partial charge in [0.25, 0.3) is 0 Å². The number of carbonyl (C=O) groups is 1. The molecule has 0 aliphatic carbocycles. The van der Waals surface area contributed by atoms with E-state index in [0.29, 0.717) is 18.0 Å². The first kappa shape index (κ1) is 16.2. The van der Waals surface area contributed by atoms with E-state index in [2.05, 4.69) is 5.32 Å². The summed E-state index contributed by atoms with van der Waals surface area (Å²) in [6.07, 6.45) is 0. The Morgan fingerprint density at radius 2 is 2.06 bits per heavy atom. The number of hydrogen-bond acceptors (Lipinski definition) is 5. The van der Waals surface area contributed by atoms with E-state index in [-0.39, 0.29) is 36.1 Å². The van der Waals surface area contributed by atoms with E-state index >= 15 is 0 Å². The normalized spacial score (nSPS) is 9.29. The van der Waals surface area contributed by atoms with Crippen molar-refractivity contribution >= 4 is 5.97 Å². The third-order valence-corrected chi connectivity index (χ3v) is 2.08. The van der Waals surface area contributed by atoms with Gasteiger partial charge in [0.15, 0.2) is 0 Å². The van der Waals surface area contributed by atoms with Crippen LogP contribution in [-0.4, -0.2) is 26.7 Å². The maximum atomic E-state index is 10.2. The summed E-state index contributed by atoms with van der Waals surface area (Å²) in [7, 11) is 3.12. The van der Waals surface area contributed by atoms with Gasteiger partial charge in [-0.1, -0.05) is 6.07 Å². The quantitative estimate of drug-likeness (QED) is 0.529. The minimum absolute atomic E-state index is 0. The molecule has 6 heteroatoms. The van der Waals surface area contributed by atoms with Crippen LogP contribution in [-0.2, 0) is 11.3 Å². The predicted molar refractivity (Wildman–Crippen MR) is 56.3 cm³/mol. The summed E-state index contributed by atoms with van der Waals surface area (Å²) in [6.45, 7) is 0.219. The van der Waals surface area contributed by atoms with Crippen molar-refractivity contribution in [1.82, 2.24) is 5.32 Å². The predicted octanol–water partition coefficient (Wildman–Crippen LogP) is -3.45. The molecule has 0 aromatic heterocycles. The van der Waals surface area contributed by atoms with Crippen LogP contribution in [0.3, 0.4) is 0 Å². The Hall–Kier alpha value is -0.750. The van der Waals surface area contributed by atoms with E-state index in [1.165, 1.54) is 0 Å². The van der Waals surface area contributed by atoms with Crippen LogP contribution in [0.5, 0.6) is 11.5 Å². The Kier molecular flexibility index (Phi) is 7.99. The molecule has 0 saturated heterocycles. The van der Waals surface area contributed by atoms with Crippen LogP contribution in [0.25, 0.3) is 0 Å². The van der Waals surface area contributed by atoms with Crippen molar-refractivity contribution in [3.05, 3.63) is 23.8 Å². The van der Waals surface area contributed by atoms with Crippen LogP contribution in [0.4, 0.5) is 0 Å². The second kappa shape index (κ2) is 8.36. The molecule has 0 saturated carbocycles. The van der Waals surface area contributed by atoms with Crippen LogP contribution in [0, 0.1) is 0 Å². The van der Waals surface area contributed by atoms with Gasteiger partial charge in [-0.15, -0.1) is 0 Å². The second-order valence-corrected chi connectivity index (χ2v) is 3.15. The van der Waals surface area contributed by atoms with Crippen molar-refractivity contribution in [1.29, 1.82) is 0 Å². The molecule has 1 rings (SSSR count). The van der Waals surface area contributed by atoms with Crippen LogP contribution in [0.15, 0.2) is 18.2 Å². The van der Waals surface area contributed by atoms with Gasteiger partial charge in [-0.25, -0.2) is 0 Å². The zero-order valence-corrected chi connectivity index (χ0v) is 12.3. The first-order valence-corrected chi connectivity index (χ1v) is 4.79. The van der Waals surface area contributed by atoms with Gasteiger partial charge < -0.3 is 24.7 Å². The Labute approximate surface area is 122 Å². The van der Waals surface area contributed by atoms with Gasteiger partial charge in [-0.05, 0) is 6.07 Å². The molecule has 0 spiro atoms. The third kappa shape index (κ3) is 5.41. The molecule has 0 atom stereocenters. The molecule has 17 heavy (non-hydrogen) atoms. The average molecular weight is 247 g/mol. The molecule has 0 amide bonds. The molecule has 1 aromatic rings. The number of carboxylic acids is 1. The Morgan fingerprint density at radius 3 is 2.59 bits per heavy atom. The van der Waals surface area contributed by atoms with Gasteiger partial charge in [0.2, 0.25) is 0 Å². The summed E-state index contributed by atoms with van der Waals surface area (Å²) in [5.41, 5.74) is 0.865. The maximum absolute atomic E-state index is 10.2. The number of hydrogen-bond donors (Lipinski definition) is 1. The number of nitrogens with one attached hydrogen (secondary N) is 1. The fourth-order valence-electron chi connectivity index (χ4n) is 1.30. The molecule has 0 aliphatic heterocycles. The van der Waals surface area contributed by atoms with Crippen LogP contribution >= 0.6 is 0 Å². The van der Waals surface area contributed by atoms with E-state index in [1.54, 1.807) is 26.4 Å². The monoisotopic (exact) mass is 247 g/mol. The molecule has 1 aromatic carbocycles. The Morgan fingerprint density at radius 1 is 1.35 bits per heavy atom. The van der Waals surface area contributed by atoms with Gasteiger partial charge in [-0.2, -0.15) is 0 Å². The molecule has 0 fully saturated rings. The SMILES string of the molecule is COc1ccc(CNCC(=O)[O-])c(OC)c1.[Na+]. The number of aliphatic carboxylic acids is 1. The molecule has 1 N–H and O–H groups in total. The largest absolute Gasteiger partial charge is 1.00 e. The first-order chi connectivity index (χ1) is 7.67. The summed E-state index contributed by atoms with van der Waals surface area (Å²) in [5, 5.41) is 13.0. The Bertz CT molecular complexity index is 370. The van der Waals surface area contributed by atoms with E-state index in [1.807, 2.05) is 6.07 Å². The van der Waals surface area contributed by atoms with Crippen molar-refractivity contribution in [3.63, 3.8) is 0 Å². The topological polar surface area (TPSA) is 70.6 Å². The second-order valence-electron chi connectivity index (χ2n) is 3.15. The molecule has 0 aliphatic rings. The summed E-state index contributed by atoms with van der Waals surface area (Å²) in [5.74, 6) is 0.221.